The fraction of sp³-hybridized carbons (Fsp3) is 0.333. The maximum Gasteiger partial charge on any atom is 0.326 e. The third-order valence-electron chi connectivity index (χ3n) is 7.31. The number of urea groups is 1. The second kappa shape index (κ2) is 11.9. The number of aliphatic imine (C=N–C) groups is 1. The number of rotatable bonds is 6. The lowest BCUT2D eigenvalue weighted by molar-refractivity contribution is 0.157. The molecule has 0 aromatic heterocycles. The van der Waals surface area contributed by atoms with Crippen molar-refractivity contribution in [2.45, 2.75) is 25.4 Å². The summed E-state index contributed by atoms with van der Waals surface area (Å²) in [6.45, 7) is 4.78. The van der Waals surface area contributed by atoms with Gasteiger partial charge in [0.1, 0.15) is 23.4 Å². The number of halogens is 2. The maximum atomic E-state index is 14.4. The van der Waals surface area contributed by atoms with E-state index in [1.807, 2.05) is 70.5 Å². The highest BCUT2D eigenvalue weighted by molar-refractivity contribution is 6.30. The molecule has 7 nitrogen and oxygen atoms in total. The molecule has 2 unspecified atom stereocenters. The van der Waals surface area contributed by atoms with Crippen molar-refractivity contribution in [2.24, 2.45) is 4.99 Å². The van der Waals surface area contributed by atoms with Crippen LogP contribution in [0.5, 0.6) is 11.5 Å². The first-order chi connectivity index (χ1) is 18.9. The first kappa shape index (κ1) is 27.3. The van der Waals surface area contributed by atoms with Crippen LogP contribution in [0, 0.1) is 0 Å². The number of aryl methyl sites for hydroxylation is 1. The maximum absolute atomic E-state index is 14.4. The van der Waals surface area contributed by atoms with Gasteiger partial charge >= 0.3 is 6.03 Å². The summed E-state index contributed by atoms with van der Waals surface area (Å²) < 4.78 is 11.5. The topological polar surface area (TPSA) is 66.4 Å². The monoisotopic (exact) mass is 566 g/mol. The van der Waals surface area contributed by atoms with Gasteiger partial charge in [-0.3, -0.25) is 9.89 Å². The van der Waals surface area contributed by atoms with E-state index in [1.54, 1.807) is 14.2 Å². The minimum Gasteiger partial charge on any atom is -0.496 e. The number of amidine groups is 1. The summed E-state index contributed by atoms with van der Waals surface area (Å²) in [5, 5.41) is 4.61. The van der Waals surface area contributed by atoms with Crippen LogP contribution in [0.25, 0.3) is 0 Å². The molecule has 2 amide bonds. The molecule has 3 aromatic rings. The number of piperazine rings is 1. The molecule has 0 bridgehead atoms. The number of benzene rings is 3. The van der Waals surface area contributed by atoms with Crippen molar-refractivity contribution in [2.75, 3.05) is 40.4 Å². The fourth-order valence-corrected chi connectivity index (χ4v) is 5.53. The Bertz CT molecular complexity index is 1360. The zero-order valence-electron chi connectivity index (χ0n) is 22.3. The summed E-state index contributed by atoms with van der Waals surface area (Å²) in [7, 11) is 3.27. The lowest BCUT2D eigenvalue weighted by Crippen LogP contribution is -2.53. The Morgan fingerprint density at radius 2 is 1.51 bits per heavy atom. The van der Waals surface area contributed by atoms with Crippen molar-refractivity contribution in [3.05, 3.63) is 93.0 Å². The zero-order chi connectivity index (χ0) is 27.5. The first-order valence-corrected chi connectivity index (χ1v) is 13.8. The van der Waals surface area contributed by atoms with E-state index >= 15 is 0 Å². The average Bonchev–Trinajstić information content (AvgIpc) is 3.37. The van der Waals surface area contributed by atoms with Gasteiger partial charge in [-0.1, -0.05) is 54.4 Å². The summed E-state index contributed by atoms with van der Waals surface area (Å²) in [5.41, 5.74) is 3.64. The standard InChI is InChI=1S/C30H32Cl2N4O3/c1-4-19-17-24(26(39-3)18-25(19)38-2)29-34-27(20-5-9-22(31)10-6-20)28(21-7-11-23(32)12-8-21)36(29)30(37)35-15-13-33-14-16-35/h5-12,17-18,27-28,33H,4,13-16H2,1-3H3. The van der Waals surface area contributed by atoms with Crippen LogP contribution in [0.4, 0.5) is 4.79 Å². The van der Waals surface area contributed by atoms with Gasteiger partial charge in [0.2, 0.25) is 0 Å². The van der Waals surface area contributed by atoms with Crippen LogP contribution in [0.2, 0.25) is 10.0 Å². The van der Waals surface area contributed by atoms with E-state index in [2.05, 4.69) is 12.2 Å². The van der Waals surface area contributed by atoms with Gasteiger partial charge in [-0.2, -0.15) is 0 Å². The van der Waals surface area contributed by atoms with Crippen LogP contribution in [0.1, 0.15) is 41.3 Å². The molecule has 2 aliphatic heterocycles. The highest BCUT2D eigenvalue weighted by Gasteiger charge is 2.44. The number of amides is 2. The molecule has 1 fully saturated rings. The fourth-order valence-electron chi connectivity index (χ4n) is 5.28. The molecule has 9 heteroatoms. The van der Waals surface area contributed by atoms with Crippen LogP contribution >= 0.6 is 23.2 Å². The zero-order valence-corrected chi connectivity index (χ0v) is 23.8. The number of methoxy groups -OCH3 is 2. The predicted octanol–water partition coefficient (Wildman–Crippen LogP) is 6.14. The van der Waals surface area contributed by atoms with E-state index in [9.17, 15) is 4.79 Å². The van der Waals surface area contributed by atoms with E-state index < -0.39 is 6.04 Å². The van der Waals surface area contributed by atoms with Crippen molar-refractivity contribution < 1.29 is 14.3 Å². The van der Waals surface area contributed by atoms with E-state index in [0.717, 1.165) is 47.5 Å². The molecule has 2 atom stereocenters. The Kier molecular flexibility index (Phi) is 8.31. The minimum atomic E-state index is -0.405. The Hall–Kier alpha value is -3.26. The van der Waals surface area contributed by atoms with E-state index in [4.69, 9.17) is 37.7 Å². The van der Waals surface area contributed by atoms with Crippen LogP contribution in [-0.4, -0.2) is 62.1 Å². The molecule has 2 aliphatic rings. The molecule has 1 saturated heterocycles. The van der Waals surface area contributed by atoms with E-state index in [-0.39, 0.29) is 12.1 Å². The molecular formula is C30H32Cl2N4O3. The van der Waals surface area contributed by atoms with Crippen molar-refractivity contribution in [1.29, 1.82) is 0 Å². The Balaban J connectivity index is 1.73. The quantitative estimate of drug-likeness (QED) is 0.389. The van der Waals surface area contributed by atoms with Crippen molar-refractivity contribution in [3.63, 3.8) is 0 Å². The summed E-state index contributed by atoms with van der Waals surface area (Å²) in [5.74, 6) is 1.89. The van der Waals surface area contributed by atoms with Crippen LogP contribution in [0.3, 0.4) is 0 Å². The summed E-state index contributed by atoms with van der Waals surface area (Å²) >= 11 is 12.5. The summed E-state index contributed by atoms with van der Waals surface area (Å²) in [4.78, 5) is 23.3. The van der Waals surface area contributed by atoms with E-state index in [1.165, 1.54) is 0 Å². The van der Waals surface area contributed by atoms with Gasteiger partial charge in [0.15, 0.2) is 0 Å². The molecule has 0 spiro atoms. The first-order valence-electron chi connectivity index (χ1n) is 13.1. The van der Waals surface area contributed by atoms with Crippen molar-refractivity contribution >= 4 is 35.1 Å². The van der Waals surface area contributed by atoms with Crippen LogP contribution < -0.4 is 14.8 Å². The lowest BCUT2D eigenvalue weighted by atomic mass is 9.93. The molecule has 204 valence electrons. The molecule has 3 aromatic carbocycles. The van der Waals surface area contributed by atoms with Crippen LogP contribution in [-0.2, 0) is 6.42 Å². The minimum absolute atomic E-state index is 0.0948. The molecule has 1 N–H and O–H groups in total. The molecule has 2 heterocycles. The number of carbonyl (C=O) groups is 1. The predicted molar refractivity (Wildman–Crippen MR) is 156 cm³/mol. The number of carbonyl (C=O) groups excluding carboxylic acids is 1. The van der Waals surface area contributed by atoms with E-state index in [0.29, 0.717) is 34.7 Å². The highest BCUT2D eigenvalue weighted by Crippen LogP contribution is 2.46. The highest BCUT2D eigenvalue weighted by atomic mass is 35.5. The van der Waals surface area contributed by atoms with Gasteiger partial charge in [0.05, 0.1) is 25.8 Å². The summed E-state index contributed by atoms with van der Waals surface area (Å²) in [6.07, 6.45) is 0.750. The third-order valence-corrected chi connectivity index (χ3v) is 7.81. The van der Waals surface area contributed by atoms with Crippen molar-refractivity contribution in [3.8, 4) is 11.5 Å². The SMILES string of the molecule is CCc1cc(C2=NC(c3ccc(Cl)cc3)C(c3ccc(Cl)cc3)N2C(=O)N2CCNCC2)c(OC)cc1OC. The Morgan fingerprint density at radius 1 is 0.923 bits per heavy atom. The molecule has 0 saturated carbocycles. The third kappa shape index (κ3) is 5.44. The molecule has 0 aliphatic carbocycles. The van der Waals surface area contributed by atoms with Gasteiger partial charge in [0.25, 0.3) is 0 Å². The number of nitrogens with one attached hydrogen (secondary N) is 1. The van der Waals surface area contributed by atoms with Crippen LogP contribution in [0.15, 0.2) is 65.7 Å². The average molecular weight is 568 g/mol. The van der Waals surface area contributed by atoms with Gasteiger partial charge in [-0.25, -0.2) is 4.79 Å². The molecule has 39 heavy (non-hydrogen) atoms. The van der Waals surface area contributed by atoms with Gasteiger partial charge < -0.3 is 19.7 Å². The largest absolute Gasteiger partial charge is 0.496 e. The molecule has 5 rings (SSSR count). The van der Waals surface area contributed by atoms with Gasteiger partial charge in [-0.15, -0.1) is 0 Å². The number of hydrogen-bond acceptors (Lipinski definition) is 5. The van der Waals surface area contributed by atoms with Gasteiger partial charge in [-0.05, 0) is 53.4 Å². The smallest absolute Gasteiger partial charge is 0.326 e. The summed E-state index contributed by atoms with van der Waals surface area (Å²) in [6, 6.07) is 18.3. The lowest BCUT2D eigenvalue weighted by Gasteiger charge is -2.36. The normalized spacial score (nSPS) is 19.2. The molecule has 0 radical (unpaired) electrons. The second-order valence-electron chi connectivity index (χ2n) is 9.55. The number of ether oxygens (including phenoxy) is 2. The number of hydrogen-bond donors (Lipinski definition) is 1. The Morgan fingerprint density at radius 3 is 2.08 bits per heavy atom. The number of nitrogens with zero attached hydrogens (tertiary/aromatic N) is 3. The Labute approximate surface area is 239 Å². The van der Waals surface area contributed by atoms with Crippen molar-refractivity contribution in [1.82, 2.24) is 15.1 Å². The molecular weight excluding hydrogens is 535 g/mol. The van der Waals surface area contributed by atoms with Gasteiger partial charge in [0, 0.05) is 42.3 Å². The second-order valence-corrected chi connectivity index (χ2v) is 10.4.